The van der Waals surface area contributed by atoms with Crippen LogP contribution in [0, 0.1) is 0 Å². The molecule has 0 saturated heterocycles. The van der Waals surface area contributed by atoms with Crippen LogP contribution in [0.3, 0.4) is 0 Å². The molecule has 306 valence electrons. The highest BCUT2D eigenvalue weighted by Crippen LogP contribution is 2.47. The molecular formula is C48H49ClN2O8. The van der Waals surface area contributed by atoms with Crippen molar-refractivity contribution in [2.75, 3.05) is 13.2 Å². The van der Waals surface area contributed by atoms with Crippen LogP contribution in [-0.2, 0) is 12.8 Å². The Hall–Kier alpha value is -5.87. The first kappa shape index (κ1) is 41.3. The van der Waals surface area contributed by atoms with E-state index >= 15 is 0 Å². The van der Waals surface area contributed by atoms with E-state index in [0.29, 0.717) is 75.2 Å². The summed E-state index contributed by atoms with van der Waals surface area (Å²) in [5.74, 6) is 1.35. The molecule has 5 aromatic carbocycles. The molecule has 2 heterocycles. The number of unbranched alkanes of at least 4 members (excludes halogenated alkanes) is 4. The Morgan fingerprint density at radius 3 is 1.53 bits per heavy atom. The van der Waals surface area contributed by atoms with Crippen LogP contribution in [0.4, 0.5) is 11.4 Å². The molecule has 10 nitrogen and oxygen atoms in total. The topological polar surface area (TPSA) is 114 Å². The number of rotatable bonds is 18. The SMILES string of the molecule is CCCCOc1cc2c(cc1OC(=O)c1ccc(CCCC)cc1)Oc1c(Cl)c3c(cc1=N2)Oc1cc(OC(=O)c2ccc(CCCC)cc2)c(OCCCC)cc1N=3. The quantitative estimate of drug-likeness (QED) is 0.0478. The van der Waals surface area contributed by atoms with Gasteiger partial charge in [-0.3, -0.25) is 0 Å². The lowest BCUT2D eigenvalue weighted by molar-refractivity contribution is 0.0718. The van der Waals surface area contributed by atoms with Crippen molar-refractivity contribution in [2.24, 2.45) is 9.98 Å². The van der Waals surface area contributed by atoms with Crippen LogP contribution in [0.1, 0.15) is 111 Å². The fourth-order valence-corrected chi connectivity index (χ4v) is 6.83. The summed E-state index contributed by atoms with van der Waals surface area (Å²) in [6.45, 7) is 9.28. The first-order valence-corrected chi connectivity index (χ1v) is 21.1. The summed E-state index contributed by atoms with van der Waals surface area (Å²) in [6.07, 6.45) is 9.72. The molecule has 2 aliphatic heterocycles. The van der Waals surface area contributed by atoms with Gasteiger partial charge in [0.25, 0.3) is 0 Å². The number of carbonyl (C=O) groups is 2. The van der Waals surface area contributed by atoms with E-state index in [1.54, 1.807) is 54.6 Å². The Labute approximate surface area is 349 Å². The third-order valence-corrected chi connectivity index (χ3v) is 10.4. The van der Waals surface area contributed by atoms with Crippen LogP contribution in [0.2, 0.25) is 5.02 Å². The number of nitrogens with zero attached hydrogens (tertiary/aromatic N) is 2. The van der Waals surface area contributed by atoms with E-state index in [2.05, 4.69) is 27.7 Å². The Morgan fingerprint density at radius 2 is 1.03 bits per heavy atom. The predicted molar refractivity (Wildman–Crippen MR) is 227 cm³/mol. The molecular weight excluding hydrogens is 768 g/mol. The Kier molecular flexibility index (Phi) is 13.5. The molecule has 0 aromatic heterocycles. The summed E-state index contributed by atoms with van der Waals surface area (Å²) in [5.41, 5.74) is 4.07. The van der Waals surface area contributed by atoms with Crippen LogP contribution in [0.15, 0.2) is 88.8 Å². The Morgan fingerprint density at radius 1 is 0.559 bits per heavy atom. The number of aryl methyl sites for hydroxylation is 2. The van der Waals surface area contributed by atoms with Gasteiger partial charge in [0, 0.05) is 30.3 Å². The summed E-state index contributed by atoms with van der Waals surface area (Å²) in [7, 11) is 0. The summed E-state index contributed by atoms with van der Waals surface area (Å²) in [5, 5.41) is 0.910. The lowest BCUT2D eigenvalue weighted by atomic mass is 10.1. The van der Waals surface area contributed by atoms with Gasteiger partial charge < -0.3 is 28.4 Å². The standard InChI is InChI=1S/C48H49ClN2O8/c1-5-9-13-30-15-19-32(20-16-30)47(52)58-41-28-37-35(26-40(41)55-24-12-8-4)51-45-43(56-37)27-36-46(44(45)49)57-38-29-42(39(25-34(38)50-36)54-23-11-7-3)59-48(53)33-21-17-31(18-22-33)14-10-6-2/h15-22,25-29H,5-14,23-24H2,1-4H3. The van der Waals surface area contributed by atoms with Gasteiger partial charge in [-0.2, -0.15) is 0 Å². The van der Waals surface area contributed by atoms with E-state index in [0.717, 1.165) is 64.2 Å². The number of fused-ring (bicyclic) bond motifs is 4. The zero-order valence-electron chi connectivity index (χ0n) is 34.0. The number of hydrogen-bond acceptors (Lipinski definition) is 10. The molecule has 0 N–H and O–H groups in total. The second-order valence-electron chi connectivity index (χ2n) is 14.6. The first-order valence-electron chi connectivity index (χ1n) is 20.7. The molecule has 59 heavy (non-hydrogen) atoms. The molecule has 0 amide bonds. The summed E-state index contributed by atoms with van der Waals surface area (Å²) in [6, 6.07) is 23.2. The Balaban J connectivity index is 1.18. The van der Waals surface area contributed by atoms with Crippen molar-refractivity contribution < 1.29 is 38.0 Å². The van der Waals surface area contributed by atoms with Crippen LogP contribution >= 0.6 is 11.6 Å². The van der Waals surface area contributed by atoms with Crippen molar-refractivity contribution in [2.45, 2.75) is 91.9 Å². The normalized spacial score (nSPS) is 11.9. The van der Waals surface area contributed by atoms with Gasteiger partial charge in [0.15, 0.2) is 46.0 Å². The highest BCUT2D eigenvalue weighted by Gasteiger charge is 2.27. The number of benzene rings is 5. The van der Waals surface area contributed by atoms with Gasteiger partial charge in [-0.1, -0.05) is 89.2 Å². The molecule has 7 rings (SSSR count). The second-order valence-corrected chi connectivity index (χ2v) is 15.0. The van der Waals surface area contributed by atoms with E-state index < -0.39 is 11.9 Å². The van der Waals surface area contributed by atoms with Crippen molar-refractivity contribution in [1.29, 1.82) is 0 Å². The molecule has 2 aliphatic rings. The maximum Gasteiger partial charge on any atom is 0.343 e. The Bertz CT molecular complexity index is 2450. The van der Waals surface area contributed by atoms with Crippen LogP contribution in [0.25, 0.3) is 0 Å². The lowest BCUT2D eigenvalue weighted by Gasteiger charge is -2.21. The van der Waals surface area contributed by atoms with E-state index in [4.69, 9.17) is 50.0 Å². The third-order valence-electron chi connectivity index (χ3n) is 10.0. The second kappa shape index (κ2) is 19.3. The molecule has 0 unspecified atom stereocenters. The minimum atomic E-state index is -0.519. The highest BCUT2D eigenvalue weighted by atomic mass is 35.5. The molecule has 0 atom stereocenters. The van der Waals surface area contributed by atoms with Crippen LogP contribution in [-0.4, -0.2) is 25.2 Å². The maximum absolute atomic E-state index is 13.4. The molecule has 0 aliphatic carbocycles. The van der Waals surface area contributed by atoms with Gasteiger partial charge >= 0.3 is 11.9 Å². The zero-order chi connectivity index (χ0) is 41.3. The van der Waals surface area contributed by atoms with Crippen LogP contribution < -0.4 is 39.1 Å². The largest absolute Gasteiger partial charge is 0.490 e. The lowest BCUT2D eigenvalue weighted by Crippen LogP contribution is -2.20. The van der Waals surface area contributed by atoms with Crippen LogP contribution in [0.5, 0.6) is 46.0 Å². The predicted octanol–water partition coefficient (Wildman–Crippen LogP) is 11.9. The van der Waals surface area contributed by atoms with E-state index in [-0.39, 0.29) is 22.3 Å². The first-order chi connectivity index (χ1) is 28.8. The van der Waals surface area contributed by atoms with E-state index in [1.165, 1.54) is 11.1 Å². The maximum atomic E-state index is 13.4. The van der Waals surface area contributed by atoms with Gasteiger partial charge in [0.1, 0.15) is 27.1 Å². The molecule has 11 heteroatoms. The van der Waals surface area contributed by atoms with Gasteiger partial charge in [-0.15, -0.1) is 0 Å². The van der Waals surface area contributed by atoms with Gasteiger partial charge in [-0.05, 0) is 73.9 Å². The highest BCUT2D eigenvalue weighted by molar-refractivity contribution is 6.32. The smallest absolute Gasteiger partial charge is 0.343 e. The molecule has 0 saturated carbocycles. The summed E-state index contributed by atoms with van der Waals surface area (Å²) < 4.78 is 36.8. The average Bonchev–Trinajstić information content (AvgIpc) is 3.25. The molecule has 0 bridgehead atoms. The van der Waals surface area contributed by atoms with Gasteiger partial charge in [0.2, 0.25) is 0 Å². The van der Waals surface area contributed by atoms with Gasteiger partial charge in [0.05, 0.1) is 24.3 Å². The molecule has 0 radical (unpaired) electrons. The number of hydrogen-bond donors (Lipinski definition) is 0. The minimum absolute atomic E-state index is 0.175. The summed E-state index contributed by atoms with van der Waals surface area (Å²) in [4.78, 5) is 36.4. The number of carbonyl (C=O) groups excluding carboxylic acids is 2. The fraction of sp³-hybridized carbons (Fsp3) is 0.333. The van der Waals surface area contributed by atoms with Crippen molar-refractivity contribution in [3.63, 3.8) is 0 Å². The number of halogens is 1. The third kappa shape index (κ3) is 9.71. The average molecular weight is 817 g/mol. The van der Waals surface area contributed by atoms with Crippen molar-refractivity contribution in [3.05, 3.63) is 117 Å². The van der Waals surface area contributed by atoms with Crippen molar-refractivity contribution >= 4 is 34.9 Å². The van der Waals surface area contributed by atoms with Gasteiger partial charge in [-0.25, -0.2) is 19.6 Å². The van der Waals surface area contributed by atoms with Crippen molar-refractivity contribution in [3.8, 4) is 46.0 Å². The number of ether oxygens (including phenoxy) is 6. The number of esters is 2. The molecule has 0 fully saturated rings. The molecule has 0 spiro atoms. The summed E-state index contributed by atoms with van der Waals surface area (Å²) >= 11 is 7.02. The minimum Gasteiger partial charge on any atom is -0.490 e. The zero-order valence-corrected chi connectivity index (χ0v) is 34.8. The fourth-order valence-electron chi connectivity index (χ4n) is 6.56. The monoisotopic (exact) mass is 816 g/mol. The van der Waals surface area contributed by atoms with Crippen molar-refractivity contribution in [1.82, 2.24) is 0 Å². The molecule has 5 aromatic rings. The van der Waals surface area contributed by atoms with E-state index in [1.807, 2.05) is 24.3 Å². The van der Waals surface area contributed by atoms with E-state index in [9.17, 15) is 9.59 Å².